The standard InChI is InChI=1S/C32H51N5O7/c1-8-32(9-2,28(42)44-16-18-12-13-18)36-29(43)35-24(30(3,4)5)27(41)37-15-19-21(31(19,6)7)22(37)26(40)34-20(14-17-10-11-17)23(38)25(33)39/h17-22,24H,8-16H2,1-7H3,(H2,33,39)(H,34,40)(H2,35,36,43)/t19-,20?,21-,22-,24+/m0/s1. The number of nitrogens with two attached hydrogens (primary N) is 1. The van der Waals surface area contributed by atoms with Crippen LogP contribution in [0.25, 0.3) is 0 Å². The molecule has 0 spiro atoms. The van der Waals surface area contributed by atoms with Crippen LogP contribution in [0, 0.1) is 34.5 Å². The van der Waals surface area contributed by atoms with Gasteiger partial charge < -0.3 is 31.3 Å². The van der Waals surface area contributed by atoms with Gasteiger partial charge in [-0.3, -0.25) is 19.2 Å². The Bertz CT molecular complexity index is 1180. The second-order valence-corrected chi connectivity index (χ2v) is 15.1. The lowest BCUT2D eigenvalue weighted by atomic mass is 9.85. The van der Waals surface area contributed by atoms with Gasteiger partial charge in [-0.05, 0) is 66.6 Å². The fourth-order valence-corrected chi connectivity index (χ4v) is 6.74. The first-order valence-electron chi connectivity index (χ1n) is 16.2. The molecule has 5 amide bonds. The summed E-state index contributed by atoms with van der Waals surface area (Å²) in [5.74, 6) is -2.81. The van der Waals surface area contributed by atoms with E-state index < -0.39 is 64.6 Å². The minimum Gasteiger partial charge on any atom is -0.464 e. The fourth-order valence-electron chi connectivity index (χ4n) is 6.74. The molecule has 0 aromatic rings. The van der Waals surface area contributed by atoms with Crippen LogP contribution in [-0.2, 0) is 28.7 Å². The minimum absolute atomic E-state index is 0.0689. The van der Waals surface area contributed by atoms with Crippen LogP contribution in [0.15, 0.2) is 0 Å². The number of nitrogens with zero attached hydrogens (tertiary/aromatic N) is 1. The Morgan fingerprint density at radius 2 is 1.55 bits per heavy atom. The van der Waals surface area contributed by atoms with Gasteiger partial charge >= 0.3 is 12.0 Å². The van der Waals surface area contributed by atoms with Crippen molar-refractivity contribution in [3.05, 3.63) is 0 Å². The summed E-state index contributed by atoms with van der Waals surface area (Å²) >= 11 is 0. The van der Waals surface area contributed by atoms with Crippen molar-refractivity contribution in [1.29, 1.82) is 0 Å². The van der Waals surface area contributed by atoms with Crippen LogP contribution in [0.4, 0.5) is 4.79 Å². The van der Waals surface area contributed by atoms with Gasteiger partial charge in [-0.1, -0.05) is 61.3 Å². The number of hydrogen-bond acceptors (Lipinski definition) is 7. The lowest BCUT2D eigenvalue weighted by Gasteiger charge is -2.38. The molecule has 4 rings (SSSR count). The van der Waals surface area contributed by atoms with E-state index in [0.717, 1.165) is 25.7 Å². The monoisotopic (exact) mass is 617 g/mol. The maximum absolute atomic E-state index is 14.2. The quantitative estimate of drug-likeness (QED) is 0.170. The highest BCUT2D eigenvalue weighted by atomic mass is 16.5. The number of likely N-dealkylation sites (tertiary alicyclic amines) is 1. The van der Waals surface area contributed by atoms with Crippen molar-refractivity contribution in [2.75, 3.05) is 13.2 Å². The maximum Gasteiger partial charge on any atom is 0.331 e. The third-order valence-electron chi connectivity index (χ3n) is 10.4. The molecule has 12 nitrogen and oxygen atoms in total. The number of hydrogen-bond donors (Lipinski definition) is 4. The number of amides is 5. The average Bonchev–Trinajstić information content (AvgIpc) is 3.90. The zero-order valence-electron chi connectivity index (χ0n) is 27.3. The zero-order valence-corrected chi connectivity index (χ0v) is 27.3. The number of primary amides is 1. The van der Waals surface area contributed by atoms with Gasteiger partial charge in [-0.2, -0.15) is 0 Å². The first kappa shape index (κ1) is 33.7. The number of carbonyl (C=O) groups is 6. The third kappa shape index (κ3) is 7.04. The van der Waals surface area contributed by atoms with Gasteiger partial charge in [-0.15, -0.1) is 0 Å². The Morgan fingerprint density at radius 1 is 0.955 bits per heavy atom. The predicted molar refractivity (Wildman–Crippen MR) is 162 cm³/mol. The molecule has 44 heavy (non-hydrogen) atoms. The minimum atomic E-state index is -1.24. The van der Waals surface area contributed by atoms with E-state index >= 15 is 0 Å². The molecule has 1 heterocycles. The molecule has 5 atom stereocenters. The van der Waals surface area contributed by atoms with E-state index in [1.165, 1.54) is 4.90 Å². The summed E-state index contributed by atoms with van der Waals surface area (Å²) in [5.41, 5.74) is 3.11. The van der Waals surface area contributed by atoms with E-state index in [0.29, 0.717) is 38.3 Å². The van der Waals surface area contributed by atoms with Crippen molar-refractivity contribution in [2.24, 2.45) is 40.2 Å². The Labute approximate surface area is 260 Å². The van der Waals surface area contributed by atoms with E-state index in [-0.39, 0.29) is 23.2 Å². The molecule has 0 aromatic heterocycles. The van der Waals surface area contributed by atoms with Gasteiger partial charge in [0.15, 0.2) is 0 Å². The summed E-state index contributed by atoms with van der Waals surface area (Å²) in [6, 6.07) is -3.61. The Kier molecular flexibility index (Phi) is 9.43. The summed E-state index contributed by atoms with van der Waals surface area (Å²) in [4.78, 5) is 80.3. The summed E-state index contributed by atoms with van der Waals surface area (Å²) in [5, 5.41) is 8.37. The largest absolute Gasteiger partial charge is 0.464 e. The number of rotatable bonds is 14. The van der Waals surface area contributed by atoms with Gasteiger partial charge in [0.1, 0.15) is 17.6 Å². The molecule has 0 bridgehead atoms. The molecular formula is C32H51N5O7. The lowest BCUT2D eigenvalue weighted by molar-refractivity contribution is -0.152. The third-order valence-corrected chi connectivity index (χ3v) is 10.4. The highest BCUT2D eigenvalue weighted by molar-refractivity contribution is 6.37. The normalized spacial score (nSPS) is 25.2. The number of nitrogens with one attached hydrogen (secondary N) is 3. The Balaban J connectivity index is 1.51. The molecule has 246 valence electrons. The molecule has 1 unspecified atom stereocenters. The molecular weight excluding hydrogens is 566 g/mol. The summed E-state index contributed by atoms with van der Waals surface area (Å²) in [6.07, 6.45) is 4.85. The second-order valence-electron chi connectivity index (χ2n) is 15.1. The number of esters is 1. The van der Waals surface area contributed by atoms with Crippen LogP contribution in [0.1, 0.15) is 93.4 Å². The van der Waals surface area contributed by atoms with E-state index in [1.54, 1.807) is 13.8 Å². The van der Waals surface area contributed by atoms with E-state index in [4.69, 9.17) is 10.5 Å². The Hall–Kier alpha value is -3.18. The van der Waals surface area contributed by atoms with Crippen LogP contribution in [0.5, 0.6) is 0 Å². The van der Waals surface area contributed by atoms with Crippen LogP contribution < -0.4 is 21.7 Å². The van der Waals surface area contributed by atoms with Crippen molar-refractivity contribution in [3.8, 4) is 0 Å². The number of Topliss-reactive ketones (excluding diaryl/α,β-unsaturated/α-hetero) is 1. The van der Waals surface area contributed by atoms with Crippen molar-refractivity contribution < 1.29 is 33.5 Å². The topological polar surface area (TPSA) is 177 Å². The second kappa shape index (κ2) is 12.3. The molecule has 3 saturated carbocycles. The van der Waals surface area contributed by atoms with Crippen molar-refractivity contribution in [2.45, 2.75) is 117 Å². The number of piperidine rings is 1. The van der Waals surface area contributed by atoms with Crippen LogP contribution in [0.2, 0.25) is 0 Å². The van der Waals surface area contributed by atoms with E-state index in [1.807, 2.05) is 34.6 Å². The number of carbonyl (C=O) groups excluding carboxylic acids is 6. The SMILES string of the molecule is CCC(CC)(NC(=O)N[C@H](C(=O)N1C[C@H]2[C@@H]([C@H]1C(=O)NC(CC1CC1)C(=O)C(N)=O)C2(C)C)C(C)(C)C)C(=O)OCC1CC1. The van der Waals surface area contributed by atoms with Crippen molar-refractivity contribution in [3.63, 3.8) is 0 Å². The summed E-state index contributed by atoms with van der Waals surface area (Å²) < 4.78 is 5.53. The maximum atomic E-state index is 14.2. The number of fused-ring (bicyclic) bond motifs is 1. The number of ketones is 1. The predicted octanol–water partition coefficient (Wildman–Crippen LogP) is 2.03. The highest BCUT2D eigenvalue weighted by Gasteiger charge is 2.70. The van der Waals surface area contributed by atoms with Gasteiger partial charge in [0.05, 0.1) is 12.6 Å². The molecule has 1 aliphatic heterocycles. The summed E-state index contributed by atoms with van der Waals surface area (Å²) in [7, 11) is 0. The van der Waals surface area contributed by atoms with Gasteiger partial charge in [-0.25, -0.2) is 9.59 Å². The van der Waals surface area contributed by atoms with Gasteiger partial charge in [0.25, 0.3) is 5.91 Å². The molecule has 0 radical (unpaired) electrons. The van der Waals surface area contributed by atoms with Crippen molar-refractivity contribution in [1.82, 2.24) is 20.9 Å². The molecule has 1 saturated heterocycles. The van der Waals surface area contributed by atoms with Crippen LogP contribution in [-0.4, -0.2) is 77.2 Å². The van der Waals surface area contributed by atoms with E-state index in [2.05, 4.69) is 16.0 Å². The molecule has 12 heteroatoms. The van der Waals surface area contributed by atoms with Crippen LogP contribution >= 0.6 is 0 Å². The fraction of sp³-hybridized carbons (Fsp3) is 0.812. The number of urea groups is 1. The molecule has 5 N–H and O–H groups in total. The molecule has 0 aromatic carbocycles. The number of ether oxygens (including phenoxy) is 1. The smallest absolute Gasteiger partial charge is 0.331 e. The van der Waals surface area contributed by atoms with Crippen molar-refractivity contribution >= 4 is 35.5 Å². The summed E-state index contributed by atoms with van der Waals surface area (Å²) in [6.45, 7) is 13.8. The van der Waals surface area contributed by atoms with E-state index in [9.17, 15) is 28.8 Å². The average molecular weight is 618 g/mol. The molecule has 4 aliphatic rings. The van der Waals surface area contributed by atoms with Crippen LogP contribution in [0.3, 0.4) is 0 Å². The van der Waals surface area contributed by atoms with Gasteiger partial charge in [0, 0.05) is 6.54 Å². The molecule has 4 fully saturated rings. The Morgan fingerprint density at radius 3 is 2.05 bits per heavy atom. The first-order valence-corrected chi connectivity index (χ1v) is 16.2. The highest BCUT2D eigenvalue weighted by Crippen LogP contribution is 2.65. The lowest BCUT2D eigenvalue weighted by Crippen LogP contribution is -2.64. The zero-order chi connectivity index (χ0) is 32.8. The first-order chi connectivity index (χ1) is 20.5. The molecule has 3 aliphatic carbocycles. The van der Waals surface area contributed by atoms with Gasteiger partial charge in [0.2, 0.25) is 17.6 Å².